The summed E-state index contributed by atoms with van der Waals surface area (Å²) in [5.74, 6) is -1.35. The number of benzene rings is 5. The molecule has 0 aromatic heterocycles. The maximum Gasteiger partial charge on any atom is 0.407 e. The second kappa shape index (κ2) is 13.7. The lowest BCUT2D eigenvalue weighted by molar-refractivity contribution is -0.139. The van der Waals surface area contributed by atoms with Crippen LogP contribution in [-0.2, 0) is 14.3 Å². The van der Waals surface area contributed by atoms with Crippen molar-refractivity contribution in [3.05, 3.63) is 167 Å². The summed E-state index contributed by atoms with van der Waals surface area (Å²) in [4.78, 5) is 26.4. The predicted molar refractivity (Wildman–Crippen MR) is 185 cm³/mol. The van der Waals surface area contributed by atoms with Crippen LogP contribution in [0.25, 0.3) is 11.1 Å². The van der Waals surface area contributed by atoms with Crippen LogP contribution in [0.5, 0.6) is 0 Å². The van der Waals surface area contributed by atoms with Crippen LogP contribution in [-0.4, -0.2) is 35.1 Å². The van der Waals surface area contributed by atoms with Crippen LogP contribution in [0.4, 0.5) is 4.79 Å². The number of hydrogen-bond donors (Lipinski definition) is 2. The minimum atomic E-state index is -1.21. The molecule has 0 saturated heterocycles. The Morgan fingerprint density at radius 1 is 0.696 bits per heavy atom. The number of fused-ring (bicyclic) bond motifs is 3. The number of rotatable bonds is 11. The fraction of sp³-hybridized carbons (Fsp3) is 0.200. The van der Waals surface area contributed by atoms with E-state index in [-0.39, 0.29) is 18.4 Å². The van der Waals surface area contributed by atoms with Gasteiger partial charge < -0.3 is 15.2 Å². The Labute approximate surface area is 274 Å². The summed E-state index contributed by atoms with van der Waals surface area (Å²) < 4.78 is 5.06. The molecule has 0 aliphatic heterocycles. The summed E-state index contributed by atoms with van der Waals surface area (Å²) >= 11 is 1.56. The second-order valence-corrected chi connectivity index (χ2v) is 13.3. The van der Waals surface area contributed by atoms with E-state index >= 15 is 0 Å². The Morgan fingerprint density at radius 2 is 1.11 bits per heavy atom. The highest BCUT2D eigenvalue weighted by Gasteiger charge is 2.44. The van der Waals surface area contributed by atoms with E-state index in [1.807, 2.05) is 92.7 Å². The summed E-state index contributed by atoms with van der Waals surface area (Å²) in [6, 6.07) is 45.5. The van der Waals surface area contributed by atoms with E-state index < -0.39 is 28.1 Å². The Morgan fingerprint density at radius 3 is 1.52 bits per heavy atom. The second-order valence-electron chi connectivity index (χ2n) is 11.9. The number of amides is 1. The molecule has 0 fully saturated rings. The number of carbonyl (C=O) groups is 2. The van der Waals surface area contributed by atoms with Gasteiger partial charge in [0.2, 0.25) is 0 Å². The van der Waals surface area contributed by atoms with Crippen LogP contribution in [0.3, 0.4) is 0 Å². The van der Waals surface area contributed by atoms with Crippen molar-refractivity contribution in [1.82, 2.24) is 5.32 Å². The van der Waals surface area contributed by atoms with Crippen LogP contribution in [0.1, 0.15) is 47.6 Å². The van der Waals surface area contributed by atoms with Gasteiger partial charge in [-0.25, -0.2) is 9.59 Å². The highest BCUT2D eigenvalue weighted by molar-refractivity contribution is 8.01. The molecule has 0 unspecified atom stereocenters. The Hall–Kier alpha value is -4.81. The SMILES string of the molecule is CC(C)[C@@H](SC(c1ccccc1)(c1ccccc1)c1ccccc1)[C@H](NC(=O)OCC1c2ccccc2-c2ccccc21)C(=O)O. The van der Waals surface area contributed by atoms with Crippen molar-refractivity contribution in [1.29, 1.82) is 0 Å². The zero-order valence-electron chi connectivity index (χ0n) is 25.9. The zero-order valence-corrected chi connectivity index (χ0v) is 26.7. The van der Waals surface area contributed by atoms with Gasteiger partial charge >= 0.3 is 12.1 Å². The van der Waals surface area contributed by atoms with Crippen LogP contribution < -0.4 is 5.32 Å². The molecule has 2 atom stereocenters. The molecule has 5 aromatic rings. The number of alkyl carbamates (subject to hydrolysis) is 1. The van der Waals surface area contributed by atoms with Gasteiger partial charge in [-0.2, -0.15) is 0 Å². The normalized spacial score (nSPS) is 13.8. The fourth-order valence-corrected chi connectivity index (χ4v) is 8.38. The topological polar surface area (TPSA) is 75.6 Å². The monoisotopic (exact) mass is 627 g/mol. The first kappa shape index (κ1) is 31.2. The van der Waals surface area contributed by atoms with E-state index in [0.29, 0.717) is 0 Å². The molecule has 6 rings (SSSR count). The van der Waals surface area contributed by atoms with Crippen LogP contribution >= 0.6 is 11.8 Å². The average Bonchev–Trinajstić information content (AvgIpc) is 3.41. The number of nitrogens with one attached hydrogen (secondary N) is 1. The van der Waals surface area contributed by atoms with Gasteiger partial charge in [0.25, 0.3) is 0 Å². The van der Waals surface area contributed by atoms with Crippen molar-refractivity contribution < 1.29 is 19.4 Å². The minimum Gasteiger partial charge on any atom is -0.480 e. The third-order valence-corrected chi connectivity index (χ3v) is 10.9. The van der Waals surface area contributed by atoms with E-state index in [0.717, 1.165) is 38.9 Å². The number of carbonyl (C=O) groups excluding carboxylic acids is 1. The molecular weight excluding hydrogens is 591 g/mol. The number of thioether (sulfide) groups is 1. The molecule has 0 bridgehead atoms. The molecule has 5 aromatic carbocycles. The smallest absolute Gasteiger partial charge is 0.407 e. The standard InChI is InChI=1S/C40H37NO4S/c1-27(2)37(46-40(28-16-6-3-7-17-28,29-18-8-4-9-19-29)30-20-10-5-11-21-30)36(38(42)43)41-39(44)45-26-35-33-24-14-12-22-31(33)32-23-13-15-25-34(32)35/h3-25,27,35-37H,26H2,1-2H3,(H,41,44)(H,42,43)/t36-,37+/m0/s1. The van der Waals surface area contributed by atoms with E-state index in [1.54, 1.807) is 11.8 Å². The maximum absolute atomic E-state index is 13.4. The molecule has 0 spiro atoms. The van der Waals surface area contributed by atoms with Crippen LogP contribution in [0.2, 0.25) is 0 Å². The minimum absolute atomic E-state index is 0.105. The Bertz CT molecular complexity index is 1650. The van der Waals surface area contributed by atoms with E-state index in [2.05, 4.69) is 66.0 Å². The summed E-state index contributed by atoms with van der Waals surface area (Å²) in [6.45, 7) is 4.10. The molecule has 232 valence electrons. The maximum atomic E-state index is 13.4. The van der Waals surface area contributed by atoms with Crippen LogP contribution in [0, 0.1) is 5.92 Å². The molecule has 1 aliphatic carbocycles. The molecule has 6 heteroatoms. The van der Waals surface area contributed by atoms with Gasteiger partial charge in [0.15, 0.2) is 0 Å². The zero-order chi connectivity index (χ0) is 32.1. The molecule has 1 aliphatic rings. The number of carboxylic acids is 1. The van der Waals surface area contributed by atoms with Gasteiger partial charge in [-0.05, 0) is 44.9 Å². The molecular formula is C40H37NO4S. The molecule has 2 N–H and O–H groups in total. The van der Waals surface area contributed by atoms with Gasteiger partial charge in [0.1, 0.15) is 12.6 Å². The molecule has 5 nitrogen and oxygen atoms in total. The van der Waals surface area contributed by atoms with Crippen molar-refractivity contribution in [2.45, 2.75) is 35.8 Å². The first-order valence-electron chi connectivity index (χ1n) is 15.6. The van der Waals surface area contributed by atoms with Crippen molar-refractivity contribution in [2.24, 2.45) is 5.92 Å². The third-order valence-electron chi connectivity index (χ3n) is 8.72. The van der Waals surface area contributed by atoms with E-state index in [4.69, 9.17) is 4.74 Å². The van der Waals surface area contributed by atoms with Crippen LogP contribution in [0.15, 0.2) is 140 Å². The number of aliphatic carboxylic acids is 1. The number of ether oxygens (including phenoxy) is 1. The first-order chi connectivity index (χ1) is 22.4. The van der Waals surface area contributed by atoms with E-state index in [9.17, 15) is 14.7 Å². The summed E-state index contributed by atoms with van der Waals surface area (Å²) in [6.07, 6.45) is -0.745. The number of hydrogen-bond acceptors (Lipinski definition) is 4. The molecule has 0 radical (unpaired) electrons. The first-order valence-corrected chi connectivity index (χ1v) is 16.5. The highest BCUT2D eigenvalue weighted by Crippen LogP contribution is 2.52. The van der Waals surface area contributed by atoms with Crippen molar-refractivity contribution in [3.63, 3.8) is 0 Å². The van der Waals surface area contributed by atoms with Gasteiger partial charge in [-0.1, -0.05) is 153 Å². The lowest BCUT2D eigenvalue weighted by Gasteiger charge is -2.41. The fourth-order valence-electron chi connectivity index (χ4n) is 6.57. The van der Waals surface area contributed by atoms with Gasteiger partial charge in [-0.15, -0.1) is 11.8 Å². The average molecular weight is 628 g/mol. The largest absolute Gasteiger partial charge is 0.480 e. The quantitative estimate of drug-likeness (QED) is 0.143. The lowest BCUT2D eigenvalue weighted by Crippen LogP contribution is -2.51. The van der Waals surface area contributed by atoms with Crippen molar-refractivity contribution in [3.8, 4) is 11.1 Å². The molecule has 46 heavy (non-hydrogen) atoms. The lowest BCUT2D eigenvalue weighted by atomic mass is 9.84. The molecule has 0 saturated carbocycles. The van der Waals surface area contributed by atoms with Crippen molar-refractivity contribution in [2.75, 3.05) is 6.61 Å². The summed E-state index contributed by atoms with van der Waals surface area (Å²) in [5, 5.41) is 12.8. The predicted octanol–water partition coefficient (Wildman–Crippen LogP) is 8.73. The summed E-state index contributed by atoms with van der Waals surface area (Å²) in [7, 11) is 0. The Kier molecular flexibility index (Phi) is 9.27. The number of carboxylic acid groups (broad SMARTS) is 1. The Balaban J connectivity index is 1.31. The van der Waals surface area contributed by atoms with Gasteiger partial charge in [0.05, 0.1) is 4.75 Å². The van der Waals surface area contributed by atoms with Gasteiger partial charge in [-0.3, -0.25) is 0 Å². The van der Waals surface area contributed by atoms with Crippen molar-refractivity contribution >= 4 is 23.8 Å². The van der Waals surface area contributed by atoms with Gasteiger partial charge in [0, 0.05) is 11.2 Å². The van der Waals surface area contributed by atoms with E-state index in [1.165, 1.54) is 0 Å². The molecule has 0 heterocycles. The summed E-state index contributed by atoms with van der Waals surface area (Å²) in [5.41, 5.74) is 7.52. The third kappa shape index (κ3) is 6.05. The molecule has 1 amide bonds. The highest BCUT2D eigenvalue weighted by atomic mass is 32.2.